The Balaban J connectivity index is 2.35. The first kappa shape index (κ1) is 14.0. The van der Waals surface area contributed by atoms with Gasteiger partial charge in [0, 0.05) is 11.1 Å². The van der Waals surface area contributed by atoms with E-state index in [1.165, 1.54) is 18.2 Å². The number of Topliss-reactive ketones (excluding diaryl/α,β-unsaturated/α-hetero) is 1. The SMILES string of the molecule is CCc1ccc(C(=O)C(C#N)c2ccccc2F)cc1. The lowest BCUT2D eigenvalue weighted by atomic mass is 9.91. The van der Waals surface area contributed by atoms with Crippen LogP contribution in [-0.2, 0) is 6.42 Å². The van der Waals surface area contributed by atoms with Crippen molar-refractivity contribution in [1.82, 2.24) is 0 Å². The van der Waals surface area contributed by atoms with Crippen molar-refractivity contribution in [2.24, 2.45) is 0 Å². The van der Waals surface area contributed by atoms with E-state index in [4.69, 9.17) is 0 Å². The number of rotatable bonds is 4. The molecule has 0 bridgehead atoms. The van der Waals surface area contributed by atoms with Gasteiger partial charge in [-0.2, -0.15) is 5.26 Å². The number of benzene rings is 2. The summed E-state index contributed by atoms with van der Waals surface area (Å²) in [6.45, 7) is 2.02. The summed E-state index contributed by atoms with van der Waals surface area (Å²) in [4.78, 5) is 12.3. The molecule has 20 heavy (non-hydrogen) atoms. The van der Waals surface area contributed by atoms with Crippen molar-refractivity contribution in [3.05, 3.63) is 71.0 Å². The molecule has 0 fully saturated rings. The Morgan fingerprint density at radius 2 is 1.85 bits per heavy atom. The quantitative estimate of drug-likeness (QED) is 0.789. The highest BCUT2D eigenvalue weighted by Gasteiger charge is 2.24. The average molecular weight is 267 g/mol. The lowest BCUT2D eigenvalue weighted by Crippen LogP contribution is -2.12. The first-order valence-electron chi connectivity index (χ1n) is 6.44. The number of nitrogens with zero attached hydrogens (tertiary/aromatic N) is 1. The first-order valence-corrected chi connectivity index (χ1v) is 6.44. The molecule has 0 heterocycles. The number of nitriles is 1. The van der Waals surface area contributed by atoms with Gasteiger partial charge in [-0.05, 0) is 18.1 Å². The van der Waals surface area contributed by atoms with Gasteiger partial charge in [-0.25, -0.2) is 4.39 Å². The molecule has 0 saturated carbocycles. The van der Waals surface area contributed by atoms with Crippen LogP contribution in [0.3, 0.4) is 0 Å². The number of ketones is 1. The van der Waals surface area contributed by atoms with Crippen LogP contribution in [0.15, 0.2) is 48.5 Å². The maximum absolute atomic E-state index is 13.7. The molecule has 0 radical (unpaired) electrons. The van der Waals surface area contributed by atoms with E-state index in [-0.39, 0.29) is 11.3 Å². The molecule has 2 nitrogen and oxygen atoms in total. The Morgan fingerprint density at radius 3 is 2.40 bits per heavy atom. The molecule has 0 aliphatic heterocycles. The Bertz CT molecular complexity index is 655. The van der Waals surface area contributed by atoms with E-state index in [0.29, 0.717) is 5.56 Å². The second-order valence-electron chi connectivity index (χ2n) is 4.50. The molecule has 0 amide bonds. The zero-order valence-electron chi connectivity index (χ0n) is 11.1. The van der Waals surface area contributed by atoms with Crippen molar-refractivity contribution < 1.29 is 9.18 Å². The number of carbonyl (C=O) groups is 1. The number of carbonyl (C=O) groups excluding carboxylic acids is 1. The second-order valence-corrected chi connectivity index (χ2v) is 4.50. The highest BCUT2D eigenvalue weighted by molar-refractivity contribution is 6.02. The van der Waals surface area contributed by atoms with Crippen LogP contribution < -0.4 is 0 Å². The van der Waals surface area contributed by atoms with Crippen LogP contribution in [0.1, 0.15) is 34.3 Å². The van der Waals surface area contributed by atoms with E-state index in [1.54, 1.807) is 18.2 Å². The molecule has 1 atom stereocenters. The molecular formula is C17H14FNO. The van der Waals surface area contributed by atoms with E-state index < -0.39 is 11.7 Å². The van der Waals surface area contributed by atoms with Crippen LogP contribution in [0.4, 0.5) is 4.39 Å². The summed E-state index contributed by atoms with van der Waals surface area (Å²) in [7, 11) is 0. The summed E-state index contributed by atoms with van der Waals surface area (Å²) in [5, 5.41) is 9.20. The standard InChI is InChI=1S/C17H14FNO/c1-2-12-7-9-13(10-8-12)17(20)15(11-19)14-5-3-4-6-16(14)18/h3-10,15H,2H2,1H3. The third kappa shape index (κ3) is 2.75. The number of halogens is 1. The van der Waals surface area contributed by atoms with Crippen LogP contribution in [-0.4, -0.2) is 5.78 Å². The third-order valence-corrected chi connectivity index (χ3v) is 3.25. The summed E-state index contributed by atoms with van der Waals surface area (Å²) in [6.07, 6.45) is 0.878. The van der Waals surface area contributed by atoms with E-state index >= 15 is 0 Å². The number of aryl methyl sites for hydroxylation is 1. The molecule has 0 saturated heterocycles. The topological polar surface area (TPSA) is 40.9 Å². The minimum atomic E-state index is -1.11. The van der Waals surface area contributed by atoms with E-state index in [9.17, 15) is 14.4 Å². The summed E-state index contributed by atoms with van der Waals surface area (Å²) >= 11 is 0. The van der Waals surface area contributed by atoms with Crippen molar-refractivity contribution in [3.63, 3.8) is 0 Å². The van der Waals surface area contributed by atoms with Crippen molar-refractivity contribution in [2.45, 2.75) is 19.3 Å². The fourth-order valence-corrected chi connectivity index (χ4v) is 2.05. The fraction of sp³-hybridized carbons (Fsp3) is 0.176. The second kappa shape index (κ2) is 6.12. The summed E-state index contributed by atoms with van der Waals surface area (Å²) in [5.74, 6) is -2.01. The number of hydrogen-bond donors (Lipinski definition) is 0. The van der Waals surface area contributed by atoms with Crippen LogP contribution in [0, 0.1) is 17.1 Å². The van der Waals surface area contributed by atoms with Gasteiger partial charge in [0.15, 0.2) is 5.78 Å². The van der Waals surface area contributed by atoms with Gasteiger partial charge >= 0.3 is 0 Å². The molecular weight excluding hydrogens is 253 g/mol. The van der Waals surface area contributed by atoms with Crippen molar-refractivity contribution in [2.75, 3.05) is 0 Å². The maximum Gasteiger partial charge on any atom is 0.184 e. The van der Waals surface area contributed by atoms with Gasteiger partial charge in [0.1, 0.15) is 11.7 Å². The normalized spacial score (nSPS) is 11.7. The molecule has 0 aromatic heterocycles. The Morgan fingerprint density at radius 1 is 1.20 bits per heavy atom. The van der Waals surface area contributed by atoms with Crippen molar-refractivity contribution in [3.8, 4) is 6.07 Å². The van der Waals surface area contributed by atoms with Gasteiger partial charge in [-0.1, -0.05) is 49.4 Å². The van der Waals surface area contributed by atoms with Gasteiger partial charge in [0.05, 0.1) is 6.07 Å². The monoisotopic (exact) mass is 267 g/mol. The highest BCUT2D eigenvalue weighted by Crippen LogP contribution is 2.23. The highest BCUT2D eigenvalue weighted by atomic mass is 19.1. The van der Waals surface area contributed by atoms with E-state index in [1.807, 2.05) is 25.1 Å². The van der Waals surface area contributed by atoms with Crippen LogP contribution in [0.25, 0.3) is 0 Å². The predicted molar refractivity (Wildman–Crippen MR) is 74.9 cm³/mol. The fourth-order valence-electron chi connectivity index (χ4n) is 2.05. The maximum atomic E-state index is 13.7. The molecule has 0 aliphatic carbocycles. The van der Waals surface area contributed by atoms with Gasteiger partial charge in [0.2, 0.25) is 0 Å². The third-order valence-electron chi connectivity index (χ3n) is 3.25. The van der Waals surface area contributed by atoms with Crippen LogP contribution >= 0.6 is 0 Å². The largest absolute Gasteiger partial charge is 0.292 e. The molecule has 0 aliphatic rings. The van der Waals surface area contributed by atoms with Gasteiger partial charge in [-0.15, -0.1) is 0 Å². The van der Waals surface area contributed by atoms with Crippen LogP contribution in [0.5, 0.6) is 0 Å². The van der Waals surface area contributed by atoms with Crippen LogP contribution in [0.2, 0.25) is 0 Å². The molecule has 100 valence electrons. The Kier molecular flexibility index (Phi) is 4.27. The van der Waals surface area contributed by atoms with Crippen molar-refractivity contribution in [1.29, 1.82) is 5.26 Å². The minimum absolute atomic E-state index is 0.125. The molecule has 2 aromatic rings. The van der Waals surface area contributed by atoms with Gasteiger partial charge < -0.3 is 0 Å². The molecule has 2 rings (SSSR count). The Hall–Kier alpha value is -2.47. The summed E-state index contributed by atoms with van der Waals surface area (Å²) < 4.78 is 13.7. The lowest BCUT2D eigenvalue weighted by molar-refractivity contribution is 0.0977. The summed E-state index contributed by atoms with van der Waals surface area (Å²) in [5.41, 5.74) is 1.66. The molecule has 0 N–H and O–H groups in total. The molecule has 0 spiro atoms. The molecule has 2 aromatic carbocycles. The predicted octanol–water partition coefficient (Wildman–Crippen LogP) is 3.88. The molecule has 3 heteroatoms. The Labute approximate surface area is 117 Å². The van der Waals surface area contributed by atoms with Gasteiger partial charge in [-0.3, -0.25) is 4.79 Å². The average Bonchev–Trinajstić information content (AvgIpc) is 2.50. The molecule has 1 unspecified atom stereocenters. The zero-order chi connectivity index (χ0) is 14.5. The minimum Gasteiger partial charge on any atom is -0.292 e. The smallest absolute Gasteiger partial charge is 0.184 e. The van der Waals surface area contributed by atoms with Crippen molar-refractivity contribution >= 4 is 5.78 Å². The van der Waals surface area contributed by atoms with E-state index in [0.717, 1.165) is 12.0 Å². The summed E-state index contributed by atoms with van der Waals surface area (Å²) in [6, 6.07) is 14.9. The van der Waals surface area contributed by atoms with Gasteiger partial charge in [0.25, 0.3) is 0 Å². The zero-order valence-corrected chi connectivity index (χ0v) is 11.1. The number of hydrogen-bond acceptors (Lipinski definition) is 2. The first-order chi connectivity index (χ1) is 9.67. The van der Waals surface area contributed by atoms with E-state index in [2.05, 4.69) is 0 Å². The lowest BCUT2D eigenvalue weighted by Gasteiger charge is -2.10.